The lowest BCUT2D eigenvalue weighted by Crippen LogP contribution is -2.38. The molecule has 0 amide bonds. The Kier molecular flexibility index (Phi) is 11.4. The van der Waals surface area contributed by atoms with E-state index in [-0.39, 0.29) is 12.5 Å². The standard InChI is InChI=1S/C24H42N2O3/c1-5-7-17-25(3)23-15-11-19-27-20-12-16-24(26(4)18-8-6-2)29-22-14-10-9-13-21(22)28-23/h9-10,13-14,23-24H,5-8,11-12,15-20H2,1-4H3. The van der Waals surface area contributed by atoms with E-state index in [4.69, 9.17) is 14.2 Å². The lowest BCUT2D eigenvalue weighted by atomic mass is 10.2. The second kappa shape index (κ2) is 13.8. The third-order valence-corrected chi connectivity index (χ3v) is 5.57. The third-order valence-electron chi connectivity index (χ3n) is 5.57. The first-order valence-electron chi connectivity index (χ1n) is 11.6. The van der Waals surface area contributed by atoms with Crippen molar-refractivity contribution < 1.29 is 14.2 Å². The number of unbranched alkanes of at least 4 members (excludes halogenated alkanes) is 2. The molecule has 2 rings (SSSR count). The van der Waals surface area contributed by atoms with E-state index in [0.717, 1.165) is 63.5 Å². The fourth-order valence-corrected chi connectivity index (χ4v) is 3.60. The highest BCUT2D eigenvalue weighted by Crippen LogP contribution is 2.31. The summed E-state index contributed by atoms with van der Waals surface area (Å²) in [6, 6.07) is 8.13. The molecule has 166 valence electrons. The van der Waals surface area contributed by atoms with Crippen molar-refractivity contribution in [3.8, 4) is 11.5 Å². The number of fused-ring (bicyclic) bond motifs is 1. The first-order valence-corrected chi connectivity index (χ1v) is 11.6. The van der Waals surface area contributed by atoms with Crippen LogP contribution in [0.1, 0.15) is 65.2 Å². The van der Waals surface area contributed by atoms with Crippen LogP contribution in [-0.2, 0) is 4.74 Å². The number of nitrogens with zero attached hydrogens (tertiary/aromatic N) is 2. The zero-order valence-corrected chi connectivity index (χ0v) is 19.1. The quantitative estimate of drug-likeness (QED) is 0.596. The van der Waals surface area contributed by atoms with Gasteiger partial charge < -0.3 is 14.2 Å². The van der Waals surface area contributed by atoms with Crippen LogP contribution in [0.15, 0.2) is 24.3 Å². The minimum absolute atomic E-state index is 0.0342. The van der Waals surface area contributed by atoms with E-state index in [0.29, 0.717) is 0 Å². The molecule has 1 aliphatic heterocycles. The van der Waals surface area contributed by atoms with Gasteiger partial charge in [0, 0.05) is 39.1 Å². The van der Waals surface area contributed by atoms with Gasteiger partial charge in [0.25, 0.3) is 0 Å². The van der Waals surface area contributed by atoms with Crippen LogP contribution < -0.4 is 9.47 Å². The number of para-hydroxylation sites is 2. The average Bonchev–Trinajstić information content (AvgIpc) is 2.75. The molecule has 0 bridgehead atoms. The van der Waals surface area contributed by atoms with Gasteiger partial charge in [-0.05, 0) is 51.9 Å². The van der Waals surface area contributed by atoms with Gasteiger partial charge in [-0.3, -0.25) is 9.80 Å². The summed E-state index contributed by atoms with van der Waals surface area (Å²) >= 11 is 0. The summed E-state index contributed by atoms with van der Waals surface area (Å²) in [7, 11) is 4.31. The minimum Gasteiger partial charge on any atom is -0.471 e. The molecule has 2 atom stereocenters. The highest BCUT2D eigenvalue weighted by molar-refractivity contribution is 5.39. The van der Waals surface area contributed by atoms with Gasteiger partial charge in [0.2, 0.25) is 0 Å². The van der Waals surface area contributed by atoms with Gasteiger partial charge in [0.05, 0.1) is 0 Å². The fraction of sp³-hybridized carbons (Fsp3) is 0.750. The van der Waals surface area contributed by atoms with Crippen LogP contribution in [-0.4, -0.2) is 62.7 Å². The van der Waals surface area contributed by atoms with Crippen molar-refractivity contribution >= 4 is 0 Å². The van der Waals surface area contributed by atoms with Gasteiger partial charge in [-0.15, -0.1) is 0 Å². The van der Waals surface area contributed by atoms with Gasteiger partial charge in [-0.2, -0.15) is 0 Å². The summed E-state index contributed by atoms with van der Waals surface area (Å²) in [6.07, 6.45) is 8.71. The van der Waals surface area contributed by atoms with Gasteiger partial charge in [-0.1, -0.05) is 38.8 Å². The summed E-state index contributed by atoms with van der Waals surface area (Å²) in [4.78, 5) is 4.65. The maximum Gasteiger partial charge on any atom is 0.163 e. The lowest BCUT2D eigenvalue weighted by Gasteiger charge is -2.31. The van der Waals surface area contributed by atoms with Crippen LogP contribution in [0.25, 0.3) is 0 Å². The molecule has 1 aromatic carbocycles. The van der Waals surface area contributed by atoms with Crippen LogP contribution >= 0.6 is 0 Å². The molecule has 5 nitrogen and oxygen atoms in total. The van der Waals surface area contributed by atoms with Crippen molar-refractivity contribution in [2.75, 3.05) is 40.4 Å². The van der Waals surface area contributed by atoms with Crippen molar-refractivity contribution in [1.29, 1.82) is 0 Å². The largest absolute Gasteiger partial charge is 0.471 e. The molecular weight excluding hydrogens is 364 g/mol. The summed E-state index contributed by atoms with van der Waals surface area (Å²) in [6.45, 7) is 8.11. The van der Waals surface area contributed by atoms with Crippen LogP contribution in [0.2, 0.25) is 0 Å². The third kappa shape index (κ3) is 8.53. The maximum absolute atomic E-state index is 6.50. The van der Waals surface area contributed by atoms with Crippen LogP contribution in [0.4, 0.5) is 0 Å². The molecule has 0 saturated heterocycles. The highest BCUT2D eigenvalue weighted by atomic mass is 16.5. The Hall–Kier alpha value is -1.30. The number of ether oxygens (including phenoxy) is 3. The summed E-state index contributed by atoms with van der Waals surface area (Å²) in [5, 5.41) is 0. The van der Waals surface area contributed by atoms with Crippen molar-refractivity contribution in [3.63, 3.8) is 0 Å². The monoisotopic (exact) mass is 406 g/mol. The molecule has 0 saturated carbocycles. The summed E-state index contributed by atoms with van der Waals surface area (Å²) in [5.41, 5.74) is 0. The number of hydrogen-bond acceptors (Lipinski definition) is 5. The first-order chi connectivity index (χ1) is 14.2. The van der Waals surface area contributed by atoms with E-state index >= 15 is 0 Å². The Morgan fingerprint density at radius 3 is 1.66 bits per heavy atom. The SMILES string of the molecule is CCCCN(C)C1CCCOCCCC(N(C)CCCC)Oc2ccccc2O1. The van der Waals surface area contributed by atoms with E-state index in [9.17, 15) is 0 Å². The Morgan fingerprint density at radius 1 is 0.793 bits per heavy atom. The Labute approximate surface area is 178 Å². The molecule has 1 aliphatic rings. The molecule has 0 aromatic heterocycles. The number of hydrogen-bond donors (Lipinski definition) is 0. The molecule has 0 spiro atoms. The van der Waals surface area contributed by atoms with E-state index < -0.39 is 0 Å². The molecule has 0 N–H and O–H groups in total. The smallest absolute Gasteiger partial charge is 0.163 e. The number of benzene rings is 1. The Morgan fingerprint density at radius 2 is 1.24 bits per heavy atom. The van der Waals surface area contributed by atoms with Gasteiger partial charge in [0.15, 0.2) is 24.0 Å². The van der Waals surface area contributed by atoms with Crippen molar-refractivity contribution in [2.24, 2.45) is 0 Å². The zero-order valence-electron chi connectivity index (χ0n) is 19.1. The molecule has 5 heteroatoms. The van der Waals surface area contributed by atoms with Gasteiger partial charge in [-0.25, -0.2) is 0 Å². The number of rotatable bonds is 8. The molecule has 0 aliphatic carbocycles. The second-order valence-corrected chi connectivity index (χ2v) is 8.16. The summed E-state index contributed by atoms with van der Waals surface area (Å²) in [5.74, 6) is 1.69. The van der Waals surface area contributed by atoms with Crippen LogP contribution in [0.5, 0.6) is 11.5 Å². The molecule has 1 heterocycles. The van der Waals surface area contributed by atoms with Gasteiger partial charge >= 0.3 is 0 Å². The van der Waals surface area contributed by atoms with Crippen LogP contribution in [0.3, 0.4) is 0 Å². The molecule has 29 heavy (non-hydrogen) atoms. The fourth-order valence-electron chi connectivity index (χ4n) is 3.60. The minimum atomic E-state index is 0.0342. The first kappa shape index (κ1) is 24.0. The van der Waals surface area contributed by atoms with Crippen LogP contribution in [0, 0.1) is 0 Å². The Bertz CT molecular complexity index is 508. The van der Waals surface area contributed by atoms with Crippen molar-refractivity contribution in [2.45, 2.75) is 77.7 Å². The lowest BCUT2D eigenvalue weighted by molar-refractivity contribution is 0.0157. The highest BCUT2D eigenvalue weighted by Gasteiger charge is 2.22. The maximum atomic E-state index is 6.50. The van der Waals surface area contributed by atoms with Gasteiger partial charge in [0.1, 0.15) is 0 Å². The molecule has 1 aromatic rings. The zero-order chi connectivity index (χ0) is 20.9. The summed E-state index contributed by atoms with van der Waals surface area (Å²) < 4.78 is 18.9. The van der Waals surface area contributed by atoms with E-state index in [1.165, 1.54) is 25.7 Å². The second-order valence-electron chi connectivity index (χ2n) is 8.16. The van der Waals surface area contributed by atoms with Crippen molar-refractivity contribution in [3.05, 3.63) is 24.3 Å². The molecule has 0 radical (unpaired) electrons. The van der Waals surface area contributed by atoms with Crippen molar-refractivity contribution in [1.82, 2.24) is 9.80 Å². The molecular formula is C24H42N2O3. The predicted octanol–water partition coefficient (Wildman–Crippen LogP) is 5.15. The normalized spacial score (nSPS) is 21.4. The predicted molar refractivity (Wildman–Crippen MR) is 120 cm³/mol. The topological polar surface area (TPSA) is 34.2 Å². The van der Waals surface area contributed by atoms with E-state index in [1.54, 1.807) is 0 Å². The Balaban J connectivity index is 2.18. The average molecular weight is 407 g/mol. The molecule has 0 fully saturated rings. The van der Waals surface area contributed by atoms with E-state index in [1.807, 2.05) is 24.3 Å². The molecule has 2 unspecified atom stereocenters. The van der Waals surface area contributed by atoms with E-state index in [2.05, 4.69) is 37.7 Å².